The lowest BCUT2D eigenvalue weighted by Crippen LogP contribution is -2.43. The molecule has 1 aliphatic carbocycles. The van der Waals surface area contributed by atoms with Gasteiger partial charge in [-0.3, -0.25) is 0 Å². The van der Waals surface area contributed by atoms with E-state index in [-0.39, 0.29) is 6.04 Å². The number of benzene rings is 2. The first kappa shape index (κ1) is 14.0. The Morgan fingerprint density at radius 2 is 1.96 bits per heavy atom. The molecule has 0 amide bonds. The van der Waals surface area contributed by atoms with Crippen molar-refractivity contribution in [1.82, 2.24) is 5.32 Å². The smallest absolute Gasteiger partial charge is 0.231 e. The summed E-state index contributed by atoms with van der Waals surface area (Å²) in [6.07, 6.45) is 2.12. The van der Waals surface area contributed by atoms with Crippen molar-refractivity contribution in [3.8, 4) is 11.5 Å². The van der Waals surface area contributed by atoms with Crippen LogP contribution in [0.2, 0.25) is 0 Å². The number of nitrogens with one attached hydrogen (secondary N) is 1. The van der Waals surface area contributed by atoms with Crippen LogP contribution >= 0.6 is 12.2 Å². The van der Waals surface area contributed by atoms with Gasteiger partial charge in [0.05, 0.1) is 11.8 Å². The Morgan fingerprint density at radius 1 is 1.08 bits per heavy atom. The molecule has 0 fully saturated rings. The summed E-state index contributed by atoms with van der Waals surface area (Å²) in [5, 5.41) is 3.96. The van der Waals surface area contributed by atoms with Gasteiger partial charge >= 0.3 is 0 Å². The highest BCUT2D eigenvalue weighted by Crippen LogP contribution is 2.40. The number of fused-ring (bicyclic) bond motifs is 4. The molecule has 2 aliphatic heterocycles. The highest BCUT2D eigenvalue weighted by Gasteiger charge is 2.36. The van der Waals surface area contributed by atoms with Crippen molar-refractivity contribution in [2.75, 3.05) is 6.79 Å². The summed E-state index contributed by atoms with van der Waals surface area (Å²) in [5.41, 5.74) is 4.88. The summed E-state index contributed by atoms with van der Waals surface area (Å²) in [6.45, 7) is 0.290. The van der Waals surface area contributed by atoms with Crippen molar-refractivity contribution in [2.24, 2.45) is 10.9 Å². The number of rotatable bonds is 1. The molecule has 2 atom stereocenters. The molecule has 0 radical (unpaired) electrons. The molecular formula is C19H16N2O2S. The summed E-state index contributed by atoms with van der Waals surface area (Å²) in [5.74, 6) is 1.92. The van der Waals surface area contributed by atoms with Crippen molar-refractivity contribution >= 4 is 23.0 Å². The van der Waals surface area contributed by atoms with Gasteiger partial charge in [0.1, 0.15) is 0 Å². The Hall–Kier alpha value is -2.40. The lowest BCUT2D eigenvalue weighted by molar-refractivity contribution is 0.174. The normalized spacial score (nSPS) is 23.8. The van der Waals surface area contributed by atoms with Crippen LogP contribution in [0.4, 0.5) is 0 Å². The van der Waals surface area contributed by atoms with Crippen molar-refractivity contribution in [1.29, 1.82) is 0 Å². The second-order valence-corrected chi connectivity index (χ2v) is 6.73. The van der Waals surface area contributed by atoms with Gasteiger partial charge in [-0.15, -0.1) is 0 Å². The van der Waals surface area contributed by atoms with Crippen LogP contribution in [0.1, 0.15) is 29.2 Å². The molecular weight excluding hydrogens is 320 g/mol. The minimum absolute atomic E-state index is 0.118. The van der Waals surface area contributed by atoms with Crippen LogP contribution in [-0.4, -0.2) is 17.6 Å². The van der Waals surface area contributed by atoms with E-state index < -0.39 is 0 Å². The van der Waals surface area contributed by atoms with E-state index in [1.807, 2.05) is 6.07 Å². The number of nitrogens with zero attached hydrogens (tertiary/aromatic N) is 1. The van der Waals surface area contributed by atoms with E-state index in [1.54, 1.807) is 0 Å². The van der Waals surface area contributed by atoms with Crippen LogP contribution in [0, 0.1) is 5.92 Å². The first-order chi connectivity index (χ1) is 11.8. The quantitative estimate of drug-likeness (QED) is 0.811. The zero-order chi connectivity index (χ0) is 16.1. The van der Waals surface area contributed by atoms with Crippen molar-refractivity contribution in [3.63, 3.8) is 0 Å². The monoisotopic (exact) mass is 336 g/mol. The maximum absolute atomic E-state index is 5.54. The zero-order valence-electron chi connectivity index (χ0n) is 13.0. The van der Waals surface area contributed by atoms with Gasteiger partial charge in [-0.25, -0.2) is 4.99 Å². The third kappa shape index (κ3) is 2.12. The molecule has 2 aromatic rings. The first-order valence-electron chi connectivity index (χ1n) is 8.16. The van der Waals surface area contributed by atoms with Gasteiger partial charge in [0.25, 0.3) is 0 Å². The standard InChI is InChI=1S/C19H16N2O2S/c24-19-20-17(12-6-8-15-16(9-12)23-10-22-15)14-7-5-11-3-1-2-4-13(11)18(14)21-19/h1-4,6,8-9,14,17H,5,7,10H2,(H,20,24). The van der Waals surface area contributed by atoms with E-state index >= 15 is 0 Å². The zero-order valence-corrected chi connectivity index (χ0v) is 13.8. The van der Waals surface area contributed by atoms with E-state index in [4.69, 9.17) is 21.7 Å². The number of hydrogen-bond acceptors (Lipinski definition) is 3. The second kappa shape index (κ2) is 5.31. The van der Waals surface area contributed by atoms with Gasteiger partial charge < -0.3 is 14.8 Å². The molecule has 0 saturated heterocycles. The lowest BCUT2D eigenvalue weighted by atomic mass is 9.75. The molecule has 120 valence electrons. The Kier molecular flexibility index (Phi) is 3.10. The van der Waals surface area contributed by atoms with Gasteiger partial charge in [-0.2, -0.15) is 0 Å². The van der Waals surface area contributed by atoms with Crippen molar-refractivity contribution < 1.29 is 9.47 Å². The minimum Gasteiger partial charge on any atom is -0.454 e. The van der Waals surface area contributed by atoms with E-state index in [0.29, 0.717) is 17.8 Å². The van der Waals surface area contributed by atoms with Gasteiger partial charge in [0.15, 0.2) is 16.6 Å². The first-order valence-corrected chi connectivity index (χ1v) is 8.57. The fraction of sp³-hybridized carbons (Fsp3) is 0.263. The van der Waals surface area contributed by atoms with Crippen LogP contribution in [0.3, 0.4) is 0 Å². The molecule has 3 aliphatic rings. The maximum atomic E-state index is 5.54. The van der Waals surface area contributed by atoms with E-state index in [1.165, 1.54) is 16.7 Å². The van der Waals surface area contributed by atoms with Crippen molar-refractivity contribution in [2.45, 2.75) is 18.9 Å². The van der Waals surface area contributed by atoms with E-state index in [0.717, 1.165) is 30.1 Å². The average Bonchev–Trinajstić information content (AvgIpc) is 3.08. The van der Waals surface area contributed by atoms with Crippen LogP contribution in [0.25, 0.3) is 0 Å². The number of aryl methyl sites for hydroxylation is 1. The Morgan fingerprint density at radius 3 is 2.92 bits per heavy atom. The van der Waals surface area contributed by atoms with Crippen LogP contribution < -0.4 is 14.8 Å². The Balaban J connectivity index is 1.58. The molecule has 2 heterocycles. The summed E-state index contributed by atoms with van der Waals surface area (Å²) >= 11 is 5.42. The molecule has 2 unspecified atom stereocenters. The largest absolute Gasteiger partial charge is 0.454 e. The summed E-state index contributed by atoms with van der Waals surface area (Å²) in [6, 6.07) is 14.8. The average molecular weight is 336 g/mol. The number of aliphatic imine (C=N–C) groups is 1. The third-order valence-electron chi connectivity index (χ3n) is 5.03. The topological polar surface area (TPSA) is 42.9 Å². The molecule has 5 rings (SSSR count). The minimum atomic E-state index is 0.118. The summed E-state index contributed by atoms with van der Waals surface area (Å²) < 4.78 is 11.0. The Bertz CT molecular complexity index is 877. The van der Waals surface area contributed by atoms with Crippen LogP contribution in [0.5, 0.6) is 11.5 Å². The molecule has 0 spiro atoms. The van der Waals surface area contributed by atoms with E-state index in [9.17, 15) is 0 Å². The molecule has 4 nitrogen and oxygen atoms in total. The SMILES string of the molecule is S=C1N=C2c3ccccc3CCC2C(c2ccc3c(c2)OCO3)N1. The predicted octanol–water partition coefficient (Wildman–Crippen LogP) is 3.40. The lowest BCUT2D eigenvalue weighted by Gasteiger charge is -2.37. The number of hydrogen-bond donors (Lipinski definition) is 1. The molecule has 24 heavy (non-hydrogen) atoms. The molecule has 0 aromatic heterocycles. The molecule has 2 aromatic carbocycles. The van der Waals surface area contributed by atoms with E-state index in [2.05, 4.69) is 46.7 Å². The van der Waals surface area contributed by atoms with Crippen molar-refractivity contribution in [3.05, 3.63) is 59.2 Å². The fourth-order valence-corrected chi connectivity index (χ4v) is 4.13. The maximum Gasteiger partial charge on any atom is 0.231 e. The predicted molar refractivity (Wildman–Crippen MR) is 95.8 cm³/mol. The van der Waals surface area contributed by atoms with Gasteiger partial charge in [-0.1, -0.05) is 30.3 Å². The van der Waals surface area contributed by atoms with Crippen LogP contribution in [0.15, 0.2) is 47.5 Å². The van der Waals surface area contributed by atoms with Gasteiger partial charge in [0.2, 0.25) is 6.79 Å². The van der Waals surface area contributed by atoms with Gasteiger partial charge in [0, 0.05) is 5.92 Å². The van der Waals surface area contributed by atoms with Gasteiger partial charge in [-0.05, 0) is 53.9 Å². The summed E-state index contributed by atoms with van der Waals surface area (Å²) in [7, 11) is 0. The molecule has 0 saturated carbocycles. The second-order valence-electron chi connectivity index (χ2n) is 6.34. The van der Waals surface area contributed by atoms with Crippen LogP contribution in [-0.2, 0) is 6.42 Å². The molecule has 5 heteroatoms. The number of ether oxygens (including phenoxy) is 2. The Labute approximate surface area is 145 Å². The fourth-order valence-electron chi connectivity index (χ4n) is 3.90. The highest BCUT2D eigenvalue weighted by molar-refractivity contribution is 7.80. The number of thiocarbonyl (C=S) groups is 1. The molecule has 1 N–H and O–H groups in total. The third-order valence-corrected chi connectivity index (χ3v) is 5.24. The summed E-state index contributed by atoms with van der Waals surface area (Å²) in [4.78, 5) is 4.67. The molecule has 0 bridgehead atoms. The highest BCUT2D eigenvalue weighted by atomic mass is 32.1.